The third kappa shape index (κ3) is 2.96. The summed E-state index contributed by atoms with van der Waals surface area (Å²) in [5.41, 5.74) is 2.52. The topological polar surface area (TPSA) is 59.8 Å². The van der Waals surface area contributed by atoms with Crippen LogP contribution in [-0.4, -0.2) is 24.0 Å². The first kappa shape index (κ1) is 16.4. The summed E-state index contributed by atoms with van der Waals surface area (Å²) in [5, 5.41) is 0.481. The van der Waals surface area contributed by atoms with Gasteiger partial charge in [0.2, 0.25) is 0 Å². The lowest BCUT2D eigenvalue weighted by Crippen LogP contribution is -2.36. The zero-order chi connectivity index (χ0) is 18.1. The standard InChI is InChI=1S/C21H19NO4/c1-2-25-16-8-7-14-9-10-22(13-15(14)11-16)21(24)20-12-18(23)17-5-3-4-6-19(17)26-20/h3-8,11-12H,2,9-10,13H2,1H3. The highest BCUT2D eigenvalue weighted by atomic mass is 16.5. The average molecular weight is 349 g/mol. The van der Waals surface area contributed by atoms with Crippen molar-refractivity contribution in [1.82, 2.24) is 4.90 Å². The van der Waals surface area contributed by atoms with Gasteiger partial charge in [-0.2, -0.15) is 0 Å². The van der Waals surface area contributed by atoms with E-state index in [9.17, 15) is 9.59 Å². The van der Waals surface area contributed by atoms with Gasteiger partial charge in [0.1, 0.15) is 11.3 Å². The molecule has 4 rings (SSSR count). The Balaban J connectivity index is 1.63. The average Bonchev–Trinajstić information content (AvgIpc) is 2.67. The summed E-state index contributed by atoms with van der Waals surface area (Å²) in [6.07, 6.45) is 0.769. The van der Waals surface area contributed by atoms with Gasteiger partial charge in [0.15, 0.2) is 11.2 Å². The molecule has 0 saturated heterocycles. The number of hydrogen-bond donors (Lipinski definition) is 0. The highest BCUT2D eigenvalue weighted by molar-refractivity contribution is 5.93. The molecule has 0 unspecified atom stereocenters. The van der Waals surface area contributed by atoms with E-state index in [1.165, 1.54) is 11.6 Å². The summed E-state index contributed by atoms with van der Waals surface area (Å²) in [6, 6.07) is 14.2. The lowest BCUT2D eigenvalue weighted by Gasteiger charge is -2.28. The fourth-order valence-corrected chi connectivity index (χ4v) is 3.33. The summed E-state index contributed by atoms with van der Waals surface area (Å²) < 4.78 is 11.2. The van der Waals surface area contributed by atoms with Gasteiger partial charge >= 0.3 is 0 Å². The maximum atomic E-state index is 12.9. The van der Waals surface area contributed by atoms with Crippen molar-refractivity contribution in [2.24, 2.45) is 0 Å². The molecule has 0 N–H and O–H groups in total. The van der Waals surface area contributed by atoms with Crippen molar-refractivity contribution < 1.29 is 13.9 Å². The van der Waals surface area contributed by atoms with Crippen molar-refractivity contribution in [3.8, 4) is 5.75 Å². The van der Waals surface area contributed by atoms with Crippen molar-refractivity contribution in [2.75, 3.05) is 13.2 Å². The Labute approximate surface area is 150 Å². The van der Waals surface area contributed by atoms with E-state index in [1.807, 2.05) is 19.1 Å². The molecular formula is C21H19NO4. The molecule has 2 aromatic carbocycles. The van der Waals surface area contributed by atoms with Crippen LogP contribution in [0.1, 0.15) is 28.6 Å². The number of fused-ring (bicyclic) bond motifs is 2. The van der Waals surface area contributed by atoms with Crippen LogP contribution < -0.4 is 10.2 Å². The molecule has 1 aromatic heterocycles. The summed E-state index contributed by atoms with van der Waals surface area (Å²) >= 11 is 0. The zero-order valence-corrected chi connectivity index (χ0v) is 14.5. The second-order valence-corrected chi connectivity index (χ2v) is 6.31. The minimum Gasteiger partial charge on any atom is -0.494 e. The van der Waals surface area contributed by atoms with Crippen molar-refractivity contribution in [3.63, 3.8) is 0 Å². The van der Waals surface area contributed by atoms with E-state index in [0.717, 1.165) is 17.7 Å². The van der Waals surface area contributed by atoms with Crippen LogP contribution >= 0.6 is 0 Å². The molecule has 0 radical (unpaired) electrons. The first-order valence-electron chi connectivity index (χ1n) is 8.72. The molecule has 1 amide bonds. The number of hydrogen-bond acceptors (Lipinski definition) is 4. The maximum absolute atomic E-state index is 12.9. The van der Waals surface area contributed by atoms with Crippen LogP contribution in [-0.2, 0) is 13.0 Å². The number of amides is 1. The molecule has 0 bridgehead atoms. The number of carbonyl (C=O) groups excluding carboxylic acids is 1. The lowest BCUT2D eigenvalue weighted by atomic mass is 9.99. The highest BCUT2D eigenvalue weighted by Crippen LogP contribution is 2.25. The van der Waals surface area contributed by atoms with Gasteiger partial charge in [0, 0.05) is 19.2 Å². The minimum atomic E-state index is -0.264. The van der Waals surface area contributed by atoms with Crippen LogP contribution in [0, 0.1) is 0 Å². The van der Waals surface area contributed by atoms with E-state index in [1.54, 1.807) is 29.2 Å². The first-order valence-corrected chi connectivity index (χ1v) is 8.72. The van der Waals surface area contributed by atoms with E-state index in [0.29, 0.717) is 30.7 Å². The molecule has 26 heavy (non-hydrogen) atoms. The largest absolute Gasteiger partial charge is 0.494 e. The third-order valence-corrected chi connectivity index (χ3v) is 4.63. The van der Waals surface area contributed by atoms with Crippen LogP contribution in [0.25, 0.3) is 11.0 Å². The highest BCUT2D eigenvalue weighted by Gasteiger charge is 2.24. The molecule has 3 aromatic rings. The second kappa shape index (κ2) is 6.67. The van der Waals surface area contributed by atoms with Crippen LogP contribution in [0.2, 0.25) is 0 Å². The Morgan fingerprint density at radius 2 is 2.00 bits per heavy atom. The van der Waals surface area contributed by atoms with Gasteiger partial charge in [-0.25, -0.2) is 0 Å². The molecule has 0 atom stereocenters. The number of carbonyl (C=O) groups is 1. The predicted octanol–water partition coefficient (Wildman–Crippen LogP) is 3.39. The van der Waals surface area contributed by atoms with Gasteiger partial charge in [0.25, 0.3) is 5.91 Å². The predicted molar refractivity (Wildman–Crippen MR) is 98.5 cm³/mol. The summed E-state index contributed by atoms with van der Waals surface area (Å²) in [7, 11) is 0. The normalized spacial score (nSPS) is 13.5. The molecule has 2 heterocycles. The van der Waals surface area contributed by atoms with Crippen LogP contribution in [0.15, 0.2) is 57.7 Å². The quantitative estimate of drug-likeness (QED) is 0.727. The Bertz CT molecular complexity index is 1040. The molecule has 5 nitrogen and oxygen atoms in total. The third-order valence-electron chi connectivity index (χ3n) is 4.63. The van der Waals surface area contributed by atoms with Crippen molar-refractivity contribution in [3.05, 3.63) is 75.6 Å². The van der Waals surface area contributed by atoms with Crippen LogP contribution in [0.3, 0.4) is 0 Å². The molecule has 0 spiro atoms. The zero-order valence-electron chi connectivity index (χ0n) is 14.5. The van der Waals surface area contributed by atoms with Crippen molar-refractivity contribution >= 4 is 16.9 Å². The lowest BCUT2D eigenvalue weighted by molar-refractivity contribution is 0.0702. The molecule has 0 fully saturated rings. The number of ether oxygens (including phenoxy) is 1. The number of nitrogens with zero attached hydrogens (tertiary/aromatic N) is 1. The van der Waals surface area contributed by atoms with E-state index in [-0.39, 0.29) is 17.1 Å². The van der Waals surface area contributed by atoms with Crippen LogP contribution in [0.5, 0.6) is 5.75 Å². The smallest absolute Gasteiger partial charge is 0.290 e. The molecule has 132 valence electrons. The Morgan fingerprint density at radius 3 is 2.85 bits per heavy atom. The number of benzene rings is 2. The molecule has 0 aliphatic carbocycles. The Hall–Kier alpha value is -3.08. The summed E-state index contributed by atoms with van der Waals surface area (Å²) in [6.45, 7) is 3.61. The van der Waals surface area contributed by atoms with Gasteiger partial charge in [-0.05, 0) is 48.7 Å². The van der Waals surface area contributed by atoms with Gasteiger partial charge in [0.05, 0.1) is 12.0 Å². The van der Waals surface area contributed by atoms with E-state index < -0.39 is 0 Å². The number of rotatable bonds is 3. The summed E-state index contributed by atoms with van der Waals surface area (Å²) in [4.78, 5) is 26.8. The van der Waals surface area contributed by atoms with Crippen molar-refractivity contribution in [2.45, 2.75) is 19.9 Å². The molecule has 1 aliphatic heterocycles. The monoisotopic (exact) mass is 349 g/mol. The van der Waals surface area contributed by atoms with E-state index in [4.69, 9.17) is 9.15 Å². The number of para-hydroxylation sites is 1. The Kier molecular flexibility index (Phi) is 4.21. The maximum Gasteiger partial charge on any atom is 0.290 e. The second-order valence-electron chi connectivity index (χ2n) is 6.31. The minimum absolute atomic E-state index is 0.0816. The molecule has 1 aliphatic rings. The SMILES string of the molecule is CCOc1ccc2c(c1)CN(C(=O)c1cc(=O)c3ccccc3o1)CC2. The van der Waals surface area contributed by atoms with Gasteiger partial charge in [-0.15, -0.1) is 0 Å². The molecule has 0 saturated carbocycles. The van der Waals surface area contributed by atoms with E-state index >= 15 is 0 Å². The van der Waals surface area contributed by atoms with E-state index in [2.05, 4.69) is 6.07 Å². The van der Waals surface area contributed by atoms with Gasteiger partial charge in [-0.1, -0.05) is 18.2 Å². The van der Waals surface area contributed by atoms with Crippen molar-refractivity contribution in [1.29, 1.82) is 0 Å². The van der Waals surface area contributed by atoms with Gasteiger partial charge < -0.3 is 14.1 Å². The Morgan fingerprint density at radius 1 is 1.15 bits per heavy atom. The van der Waals surface area contributed by atoms with Crippen LogP contribution in [0.4, 0.5) is 0 Å². The molecule has 5 heteroatoms. The fourth-order valence-electron chi connectivity index (χ4n) is 3.33. The summed E-state index contributed by atoms with van der Waals surface area (Å²) in [5.74, 6) is 0.621. The molecular weight excluding hydrogens is 330 g/mol. The first-order chi connectivity index (χ1) is 12.7. The fraction of sp³-hybridized carbons (Fsp3) is 0.238. The van der Waals surface area contributed by atoms with Gasteiger partial charge in [-0.3, -0.25) is 9.59 Å².